The Kier molecular flexibility index (Phi) is 7.57. The van der Waals surface area contributed by atoms with E-state index >= 15 is 0 Å². The number of allylic oxidation sites excluding steroid dienone is 1. The van der Waals surface area contributed by atoms with Crippen molar-refractivity contribution in [1.82, 2.24) is 0 Å². The number of hydrogen-bond donors (Lipinski definition) is 0. The molecule has 0 heterocycles. The molecule has 0 bridgehead atoms. The smallest absolute Gasteiger partial charge is 0.426 e. The van der Waals surface area contributed by atoms with Gasteiger partial charge in [0.05, 0.1) is 11.6 Å². The van der Waals surface area contributed by atoms with E-state index in [-0.39, 0.29) is 16.9 Å². The molecular weight excluding hydrogens is 430 g/mol. The molecule has 1 aliphatic rings. The van der Waals surface area contributed by atoms with E-state index in [0.29, 0.717) is 5.92 Å². The van der Waals surface area contributed by atoms with Gasteiger partial charge in [-0.25, -0.2) is 4.39 Å². The van der Waals surface area contributed by atoms with E-state index in [9.17, 15) is 26.3 Å². The summed E-state index contributed by atoms with van der Waals surface area (Å²) in [5.74, 6) is -0.650. The SMILES string of the molecule is CCCC1CCC(c2ccc(C(F)(F)Oc3ccc(C(F)=CC(F)(F)F)cc3)cc2)CC1. The number of alkyl halides is 5. The Balaban J connectivity index is 1.63. The lowest BCUT2D eigenvalue weighted by molar-refractivity contribution is -0.185. The molecule has 32 heavy (non-hydrogen) atoms. The Morgan fingerprint density at radius 3 is 2.03 bits per heavy atom. The van der Waals surface area contributed by atoms with Gasteiger partial charge in [-0.05, 0) is 79.5 Å². The molecule has 174 valence electrons. The normalized spacial score (nSPS) is 20.3. The fourth-order valence-electron chi connectivity index (χ4n) is 4.26. The van der Waals surface area contributed by atoms with Crippen molar-refractivity contribution in [2.24, 2.45) is 5.92 Å². The Morgan fingerprint density at radius 1 is 0.906 bits per heavy atom. The molecule has 0 amide bonds. The van der Waals surface area contributed by atoms with Crippen LogP contribution in [0.15, 0.2) is 54.6 Å². The van der Waals surface area contributed by atoms with Crippen LogP contribution in [0, 0.1) is 5.92 Å². The van der Waals surface area contributed by atoms with Gasteiger partial charge in [0.25, 0.3) is 0 Å². The van der Waals surface area contributed by atoms with Crippen molar-refractivity contribution in [3.8, 4) is 5.75 Å². The van der Waals surface area contributed by atoms with Crippen molar-refractivity contribution in [2.45, 2.75) is 63.7 Å². The predicted octanol–water partition coefficient (Wildman–Crippen LogP) is 8.76. The second-order valence-electron chi connectivity index (χ2n) is 8.31. The summed E-state index contributed by atoms with van der Waals surface area (Å²) in [7, 11) is 0. The van der Waals surface area contributed by atoms with Crippen molar-refractivity contribution >= 4 is 5.83 Å². The highest BCUT2D eigenvalue weighted by Gasteiger charge is 2.35. The molecule has 3 rings (SSSR count). The lowest BCUT2D eigenvalue weighted by Gasteiger charge is -2.29. The molecule has 1 aliphatic carbocycles. The van der Waals surface area contributed by atoms with Crippen LogP contribution in [0.25, 0.3) is 5.83 Å². The molecule has 0 aliphatic heterocycles. The summed E-state index contributed by atoms with van der Waals surface area (Å²) in [6, 6.07) is 10.0. The first kappa shape index (κ1) is 24.2. The average Bonchev–Trinajstić information content (AvgIpc) is 2.74. The first-order chi connectivity index (χ1) is 15.1. The van der Waals surface area contributed by atoms with E-state index in [1.54, 1.807) is 12.1 Å². The van der Waals surface area contributed by atoms with E-state index in [1.165, 1.54) is 25.0 Å². The largest absolute Gasteiger partial charge is 0.429 e. The van der Waals surface area contributed by atoms with Crippen LogP contribution < -0.4 is 4.74 Å². The minimum Gasteiger partial charge on any atom is -0.429 e. The van der Waals surface area contributed by atoms with Crippen LogP contribution in [0.3, 0.4) is 0 Å². The van der Waals surface area contributed by atoms with E-state index in [0.717, 1.165) is 61.4 Å². The number of benzene rings is 2. The van der Waals surface area contributed by atoms with Crippen LogP contribution in [0.5, 0.6) is 5.75 Å². The van der Waals surface area contributed by atoms with Crippen LogP contribution in [0.4, 0.5) is 26.3 Å². The standard InChI is InChI=1S/C25H26F6O/c1-2-3-17-4-6-18(7-5-17)19-8-12-21(13-9-19)25(30,31)32-22-14-10-20(11-15-22)23(26)16-24(27,28)29/h8-18H,2-7H2,1H3. The van der Waals surface area contributed by atoms with E-state index in [4.69, 9.17) is 4.74 Å². The van der Waals surface area contributed by atoms with E-state index in [2.05, 4.69) is 6.92 Å². The van der Waals surface area contributed by atoms with Gasteiger partial charge in [-0.1, -0.05) is 31.9 Å². The number of ether oxygens (including phenoxy) is 1. The summed E-state index contributed by atoms with van der Waals surface area (Å²) < 4.78 is 84.2. The molecule has 0 unspecified atom stereocenters. The minimum absolute atomic E-state index is 0.281. The third kappa shape index (κ3) is 6.53. The van der Waals surface area contributed by atoms with Crippen LogP contribution >= 0.6 is 0 Å². The molecule has 0 spiro atoms. The molecule has 2 aromatic carbocycles. The molecule has 7 heteroatoms. The van der Waals surface area contributed by atoms with Crippen molar-refractivity contribution in [1.29, 1.82) is 0 Å². The van der Waals surface area contributed by atoms with Crippen LogP contribution in [-0.2, 0) is 6.11 Å². The van der Waals surface area contributed by atoms with Gasteiger partial charge < -0.3 is 4.74 Å². The van der Waals surface area contributed by atoms with Crippen LogP contribution in [0.2, 0.25) is 0 Å². The van der Waals surface area contributed by atoms with Gasteiger partial charge >= 0.3 is 12.3 Å². The third-order valence-corrected chi connectivity index (χ3v) is 5.93. The maximum Gasteiger partial charge on any atom is 0.426 e. The lowest BCUT2D eigenvalue weighted by Crippen LogP contribution is -2.22. The summed E-state index contributed by atoms with van der Waals surface area (Å²) in [5.41, 5.74) is 0.333. The van der Waals surface area contributed by atoms with Crippen molar-refractivity contribution < 1.29 is 31.1 Å². The lowest BCUT2D eigenvalue weighted by atomic mass is 9.77. The first-order valence-corrected chi connectivity index (χ1v) is 10.8. The number of rotatable bonds is 7. The minimum atomic E-state index is -4.81. The van der Waals surface area contributed by atoms with Crippen LogP contribution in [0.1, 0.15) is 68.1 Å². The zero-order valence-electron chi connectivity index (χ0n) is 17.8. The highest BCUT2D eigenvalue weighted by molar-refractivity contribution is 5.60. The second kappa shape index (κ2) is 10.0. The van der Waals surface area contributed by atoms with Gasteiger partial charge in [-0.2, -0.15) is 22.0 Å². The molecular formula is C25H26F6O. The second-order valence-corrected chi connectivity index (χ2v) is 8.31. The topological polar surface area (TPSA) is 9.23 Å². The molecule has 1 saturated carbocycles. The van der Waals surface area contributed by atoms with Gasteiger partial charge in [-0.15, -0.1) is 0 Å². The summed E-state index contributed by atoms with van der Waals surface area (Å²) in [5, 5.41) is 0. The summed E-state index contributed by atoms with van der Waals surface area (Å²) in [6.07, 6.45) is -2.09. The monoisotopic (exact) mass is 456 g/mol. The van der Waals surface area contributed by atoms with Gasteiger partial charge in [0.2, 0.25) is 0 Å². The number of hydrogen-bond acceptors (Lipinski definition) is 1. The fourth-order valence-corrected chi connectivity index (χ4v) is 4.26. The summed E-state index contributed by atoms with van der Waals surface area (Å²) in [6.45, 7) is 2.19. The number of halogens is 6. The highest BCUT2D eigenvalue weighted by Crippen LogP contribution is 2.39. The van der Waals surface area contributed by atoms with Crippen molar-refractivity contribution in [3.63, 3.8) is 0 Å². The molecule has 0 radical (unpaired) electrons. The Labute approximate surface area is 184 Å². The highest BCUT2D eigenvalue weighted by atomic mass is 19.4. The maximum atomic E-state index is 14.6. The summed E-state index contributed by atoms with van der Waals surface area (Å²) in [4.78, 5) is 0. The van der Waals surface area contributed by atoms with Gasteiger partial charge in [0.1, 0.15) is 11.6 Å². The molecule has 0 N–H and O–H groups in total. The van der Waals surface area contributed by atoms with Crippen LogP contribution in [-0.4, -0.2) is 6.18 Å². The van der Waals surface area contributed by atoms with Crippen molar-refractivity contribution in [2.75, 3.05) is 0 Å². The van der Waals surface area contributed by atoms with E-state index < -0.39 is 24.2 Å². The first-order valence-electron chi connectivity index (χ1n) is 10.8. The Morgan fingerprint density at radius 2 is 1.50 bits per heavy atom. The molecule has 2 aromatic rings. The predicted molar refractivity (Wildman–Crippen MR) is 112 cm³/mol. The average molecular weight is 456 g/mol. The molecule has 1 nitrogen and oxygen atoms in total. The Bertz CT molecular complexity index is 892. The summed E-state index contributed by atoms with van der Waals surface area (Å²) >= 11 is 0. The zero-order chi connectivity index (χ0) is 23.4. The molecule has 1 fully saturated rings. The quantitative estimate of drug-likeness (QED) is 0.379. The molecule has 0 saturated heterocycles. The zero-order valence-corrected chi connectivity index (χ0v) is 17.8. The van der Waals surface area contributed by atoms with Gasteiger partial charge in [0.15, 0.2) is 0 Å². The third-order valence-electron chi connectivity index (χ3n) is 5.93. The van der Waals surface area contributed by atoms with Gasteiger partial charge in [0, 0.05) is 5.56 Å². The van der Waals surface area contributed by atoms with Crippen molar-refractivity contribution in [3.05, 3.63) is 71.3 Å². The fraction of sp³-hybridized carbons (Fsp3) is 0.440. The van der Waals surface area contributed by atoms with Gasteiger partial charge in [-0.3, -0.25) is 0 Å². The maximum absolute atomic E-state index is 14.6. The molecule has 0 aromatic heterocycles. The molecule has 0 atom stereocenters. The van der Waals surface area contributed by atoms with E-state index in [1.807, 2.05) is 0 Å². The Hall–Kier alpha value is -2.44.